The predicted molar refractivity (Wildman–Crippen MR) is 72.8 cm³/mol. The summed E-state index contributed by atoms with van der Waals surface area (Å²) in [5.41, 5.74) is 6.05. The van der Waals surface area contributed by atoms with Crippen molar-refractivity contribution in [2.75, 3.05) is 23.3 Å². The van der Waals surface area contributed by atoms with Crippen LogP contribution in [0.5, 0.6) is 0 Å². The zero-order valence-electron chi connectivity index (χ0n) is 10.2. The van der Waals surface area contributed by atoms with Crippen molar-refractivity contribution in [3.05, 3.63) is 28.3 Å². The van der Waals surface area contributed by atoms with Gasteiger partial charge in [-0.1, -0.05) is 0 Å². The SMILES string of the molecule is Nc1cc(NCC2CCCS2(=O)=O)ccc1[N+](=O)[O-]. The van der Waals surface area contributed by atoms with Gasteiger partial charge in [-0.25, -0.2) is 8.42 Å². The lowest BCUT2D eigenvalue weighted by Gasteiger charge is -2.12. The first-order chi connectivity index (χ1) is 8.90. The van der Waals surface area contributed by atoms with Gasteiger partial charge in [0, 0.05) is 18.3 Å². The zero-order chi connectivity index (χ0) is 14.0. The second kappa shape index (κ2) is 5.04. The van der Waals surface area contributed by atoms with E-state index in [1.54, 1.807) is 0 Å². The molecule has 0 bridgehead atoms. The molecule has 0 spiro atoms. The van der Waals surface area contributed by atoms with Gasteiger partial charge >= 0.3 is 0 Å². The van der Waals surface area contributed by atoms with E-state index in [-0.39, 0.29) is 22.4 Å². The van der Waals surface area contributed by atoms with E-state index in [4.69, 9.17) is 5.73 Å². The fourth-order valence-corrected chi connectivity index (χ4v) is 3.92. The summed E-state index contributed by atoms with van der Waals surface area (Å²) in [5.74, 6) is 0.238. The first kappa shape index (κ1) is 13.6. The van der Waals surface area contributed by atoms with Gasteiger partial charge in [-0.2, -0.15) is 0 Å². The minimum Gasteiger partial charge on any atom is -0.393 e. The van der Waals surface area contributed by atoms with Crippen molar-refractivity contribution in [3.63, 3.8) is 0 Å². The molecule has 0 aromatic heterocycles. The molecule has 19 heavy (non-hydrogen) atoms. The van der Waals surface area contributed by atoms with Gasteiger partial charge in [0.15, 0.2) is 9.84 Å². The van der Waals surface area contributed by atoms with Crippen molar-refractivity contribution < 1.29 is 13.3 Å². The van der Waals surface area contributed by atoms with E-state index in [2.05, 4.69) is 5.32 Å². The molecule has 1 saturated heterocycles. The molecule has 2 rings (SSSR count). The molecule has 1 aliphatic heterocycles. The fourth-order valence-electron chi connectivity index (χ4n) is 2.15. The van der Waals surface area contributed by atoms with Gasteiger partial charge in [0.1, 0.15) is 5.69 Å². The number of nitrogens with one attached hydrogen (secondary N) is 1. The van der Waals surface area contributed by atoms with E-state index in [9.17, 15) is 18.5 Å². The Labute approximate surface area is 110 Å². The summed E-state index contributed by atoms with van der Waals surface area (Å²) in [7, 11) is -2.99. The summed E-state index contributed by atoms with van der Waals surface area (Å²) in [6.07, 6.45) is 1.34. The third kappa shape index (κ3) is 2.95. The third-order valence-corrected chi connectivity index (χ3v) is 5.50. The number of sulfone groups is 1. The normalized spacial score (nSPS) is 21.2. The number of nitrogens with zero attached hydrogens (tertiary/aromatic N) is 1. The number of nitrogens with two attached hydrogens (primary N) is 1. The number of rotatable bonds is 4. The lowest BCUT2D eigenvalue weighted by molar-refractivity contribution is -0.383. The molecule has 7 nitrogen and oxygen atoms in total. The topological polar surface area (TPSA) is 115 Å². The van der Waals surface area contributed by atoms with E-state index in [0.29, 0.717) is 25.1 Å². The molecule has 1 aromatic rings. The molecule has 0 aliphatic carbocycles. The Morgan fingerprint density at radius 2 is 2.21 bits per heavy atom. The standard InChI is InChI=1S/C11H15N3O4S/c12-10-6-8(3-4-11(10)14(15)16)13-7-9-2-1-5-19(9,17)18/h3-4,6,9,13H,1-2,5,7,12H2. The van der Waals surface area contributed by atoms with Crippen LogP contribution in [0.1, 0.15) is 12.8 Å². The number of anilines is 2. The molecule has 104 valence electrons. The molecule has 0 saturated carbocycles. The van der Waals surface area contributed by atoms with Crippen LogP contribution in [-0.4, -0.2) is 30.9 Å². The highest BCUT2D eigenvalue weighted by Gasteiger charge is 2.30. The molecule has 1 unspecified atom stereocenters. The smallest absolute Gasteiger partial charge is 0.292 e. The van der Waals surface area contributed by atoms with Crippen molar-refractivity contribution in [3.8, 4) is 0 Å². The molecule has 8 heteroatoms. The maximum Gasteiger partial charge on any atom is 0.292 e. The molecule has 1 heterocycles. The molecular formula is C11H15N3O4S. The summed E-state index contributed by atoms with van der Waals surface area (Å²) in [4.78, 5) is 10.1. The number of nitro groups is 1. The number of nitro benzene ring substituents is 1. The highest BCUT2D eigenvalue weighted by atomic mass is 32.2. The van der Waals surface area contributed by atoms with Crippen molar-refractivity contribution >= 4 is 26.9 Å². The van der Waals surface area contributed by atoms with Crippen LogP contribution in [0.4, 0.5) is 17.1 Å². The summed E-state index contributed by atoms with van der Waals surface area (Å²) < 4.78 is 23.3. The van der Waals surface area contributed by atoms with Gasteiger partial charge in [-0.15, -0.1) is 0 Å². The second-order valence-electron chi connectivity index (χ2n) is 4.54. The van der Waals surface area contributed by atoms with Crippen molar-refractivity contribution in [2.24, 2.45) is 0 Å². The van der Waals surface area contributed by atoms with Gasteiger partial charge in [0.25, 0.3) is 5.69 Å². The fraction of sp³-hybridized carbons (Fsp3) is 0.455. The maximum atomic E-state index is 11.6. The summed E-state index contributed by atoms with van der Waals surface area (Å²) in [6, 6.07) is 4.27. The largest absolute Gasteiger partial charge is 0.393 e. The Bertz CT molecular complexity index is 600. The molecule has 0 amide bonds. The van der Waals surface area contributed by atoms with Crippen molar-refractivity contribution in [1.29, 1.82) is 0 Å². The van der Waals surface area contributed by atoms with E-state index < -0.39 is 14.8 Å². The van der Waals surface area contributed by atoms with Gasteiger partial charge in [0.05, 0.1) is 15.9 Å². The van der Waals surface area contributed by atoms with Crippen LogP contribution >= 0.6 is 0 Å². The summed E-state index contributed by atoms with van der Waals surface area (Å²) in [6.45, 7) is 0.305. The second-order valence-corrected chi connectivity index (χ2v) is 6.94. The first-order valence-electron chi connectivity index (χ1n) is 5.89. The molecule has 0 radical (unpaired) electrons. The van der Waals surface area contributed by atoms with Crippen LogP contribution < -0.4 is 11.1 Å². The van der Waals surface area contributed by atoms with E-state index in [1.807, 2.05) is 0 Å². The van der Waals surface area contributed by atoms with E-state index >= 15 is 0 Å². The average molecular weight is 285 g/mol. The number of benzene rings is 1. The first-order valence-corrected chi connectivity index (χ1v) is 7.61. The molecule has 1 atom stereocenters. The predicted octanol–water partition coefficient (Wildman–Crippen LogP) is 1.17. The molecule has 1 aliphatic rings. The number of hydrogen-bond acceptors (Lipinski definition) is 6. The van der Waals surface area contributed by atoms with Crippen LogP contribution in [0.2, 0.25) is 0 Å². The Morgan fingerprint density at radius 3 is 2.74 bits per heavy atom. The third-order valence-electron chi connectivity index (χ3n) is 3.22. The Morgan fingerprint density at radius 1 is 1.47 bits per heavy atom. The minimum atomic E-state index is -2.99. The van der Waals surface area contributed by atoms with Crippen molar-refractivity contribution in [2.45, 2.75) is 18.1 Å². The van der Waals surface area contributed by atoms with Gasteiger partial charge in [-0.3, -0.25) is 10.1 Å². The monoisotopic (exact) mass is 285 g/mol. The van der Waals surface area contributed by atoms with Crippen LogP contribution in [0, 0.1) is 10.1 Å². The quantitative estimate of drug-likeness (QED) is 0.487. The van der Waals surface area contributed by atoms with E-state index in [1.165, 1.54) is 18.2 Å². The highest BCUT2D eigenvalue weighted by molar-refractivity contribution is 7.92. The van der Waals surface area contributed by atoms with Crippen LogP contribution in [-0.2, 0) is 9.84 Å². The minimum absolute atomic E-state index is 0.0595. The molecule has 1 fully saturated rings. The Balaban J connectivity index is 2.05. The van der Waals surface area contributed by atoms with Gasteiger partial charge in [0.2, 0.25) is 0 Å². The molecule has 1 aromatic carbocycles. The number of nitrogen functional groups attached to an aromatic ring is 1. The van der Waals surface area contributed by atoms with Crippen LogP contribution in [0.15, 0.2) is 18.2 Å². The summed E-state index contributed by atoms with van der Waals surface area (Å²) >= 11 is 0. The number of hydrogen-bond donors (Lipinski definition) is 2. The molecular weight excluding hydrogens is 270 g/mol. The lowest BCUT2D eigenvalue weighted by atomic mass is 10.2. The Kier molecular flexibility index (Phi) is 3.61. The van der Waals surface area contributed by atoms with Crippen molar-refractivity contribution in [1.82, 2.24) is 0 Å². The van der Waals surface area contributed by atoms with Gasteiger partial charge in [-0.05, 0) is 25.0 Å². The Hall–Kier alpha value is -1.83. The highest BCUT2D eigenvalue weighted by Crippen LogP contribution is 2.26. The summed E-state index contributed by atoms with van der Waals surface area (Å²) in [5, 5.41) is 13.2. The van der Waals surface area contributed by atoms with E-state index in [0.717, 1.165) is 0 Å². The van der Waals surface area contributed by atoms with Crippen LogP contribution in [0.3, 0.4) is 0 Å². The molecule has 3 N–H and O–H groups in total. The maximum absolute atomic E-state index is 11.6. The zero-order valence-corrected chi connectivity index (χ0v) is 11.0. The lowest BCUT2D eigenvalue weighted by Crippen LogP contribution is -2.25. The average Bonchev–Trinajstić information content (AvgIpc) is 2.65. The van der Waals surface area contributed by atoms with Crippen LogP contribution in [0.25, 0.3) is 0 Å². The van der Waals surface area contributed by atoms with Gasteiger partial charge < -0.3 is 11.1 Å².